The van der Waals surface area contributed by atoms with E-state index in [2.05, 4.69) is 10.3 Å². The van der Waals surface area contributed by atoms with E-state index >= 15 is 0 Å². The van der Waals surface area contributed by atoms with Crippen molar-refractivity contribution in [3.63, 3.8) is 0 Å². The zero-order valence-corrected chi connectivity index (χ0v) is 21.8. The summed E-state index contributed by atoms with van der Waals surface area (Å²) < 4.78 is 0. The molecule has 2 saturated heterocycles. The molecule has 0 radical (unpaired) electrons. The summed E-state index contributed by atoms with van der Waals surface area (Å²) in [5, 5.41) is 17.8. The first-order chi connectivity index (χ1) is 17.4. The maximum atomic E-state index is 13.0. The number of nitrogens with one attached hydrogen (secondary N) is 1. The molecule has 1 aromatic heterocycles. The van der Waals surface area contributed by atoms with Crippen LogP contribution in [0.3, 0.4) is 0 Å². The van der Waals surface area contributed by atoms with Gasteiger partial charge in [-0.2, -0.15) is 0 Å². The van der Waals surface area contributed by atoms with E-state index in [1.54, 1.807) is 11.1 Å². The smallest absolute Gasteiger partial charge is 0.300 e. The third-order valence-corrected chi connectivity index (χ3v) is 5.92. The van der Waals surface area contributed by atoms with Crippen LogP contribution in [0.15, 0.2) is 24.4 Å². The van der Waals surface area contributed by atoms with E-state index in [9.17, 15) is 14.4 Å². The van der Waals surface area contributed by atoms with Crippen LogP contribution in [0.25, 0.3) is 0 Å². The fourth-order valence-corrected chi connectivity index (χ4v) is 4.13. The van der Waals surface area contributed by atoms with Gasteiger partial charge >= 0.3 is 0 Å². The van der Waals surface area contributed by atoms with Crippen molar-refractivity contribution < 1.29 is 34.2 Å². The largest absolute Gasteiger partial charge is 0.481 e. The molecule has 2 fully saturated rings. The summed E-state index contributed by atoms with van der Waals surface area (Å²) in [4.78, 5) is 63.0. The van der Waals surface area contributed by atoms with Crippen molar-refractivity contribution >= 4 is 29.7 Å². The molecule has 3 rings (SSSR count). The minimum absolute atomic E-state index is 0.0194. The quantitative estimate of drug-likeness (QED) is 0.443. The van der Waals surface area contributed by atoms with Crippen molar-refractivity contribution in [3.8, 4) is 0 Å². The second-order valence-corrected chi connectivity index (χ2v) is 9.13. The average molecular weight is 522 g/mol. The Morgan fingerprint density at radius 1 is 0.919 bits per heavy atom. The molecule has 12 heteroatoms. The Hall–Kier alpha value is -3.54. The molecular formula is C25H39N5O7. The second kappa shape index (κ2) is 16.3. The molecule has 12 nitrogen and oxygen atoms in total. The van der Waals surface area contributed by atoms with Gasteiger partial charge in [0.05, 0.1) is 18.2 Å². The molecule has 0 aromatic carbocycles. The maximum absolute atomic E-state index is 13.0. The maximum Gasteiger partial charge on any atom is 0.300 e. The number of amides is 3. The van der Waals surface area contributed by atoms with Gasteiger partial charge in [0.15, 0.2) is 0 Å². The Morgan fingerprint density at radius 3 is 2.03 bits per heavy atom. The van der Waals surface area contributed by atoms with Gasteiger partial charge < -0.3 is 31.1 Å². The van der Waals surface area contributed by atoms with Gasteiger partial charge in [0.1, 0.15) is 0 Å². The molecule has 3 amide bonds. The van der Waals surface area contributed by atoms with Gasteiger partial charge in [-0.25, -0.2) is 0 Å². The number of carboxylic acid groups (broad SMARTS) is 2. The average Bonchev–Trinajstić information content (AvgIpc) is 3.04. The normalized spacial score (nSPS) is 19.7. The van der Waals surface area contributed by atoms with E-state index in [4.69, 9.17) is 25.5 Å². The number of nitrogens with zero attached hydrogens (tertiary/aromatic N) is 3. The molecule has 2 aliphatic rings. The number of aromatic nitrogens is 1. The standard InChI is InChI=1S/C21H31N5O3.2C2H4O2/c1-15(27)26-13-17(5-6-18(22)14-26)21(29)25-10-7-16(8-11-25)20(28)24-12-19-4-2-3-9-23-19;2*1-2(3)4/h2-4,9,16-18H,5-8,10-14,22H2,1H3,(H,24,28);2*1H3,(H,3,4)/t17-,18+;;/m1../s1. The van der Waals surface area contributed by atoms with Gasteiger partial charge in [-0.3, -0.25) is 29.0 Å². The fourth-order valence-electron chi connectivity index (χ4n) is 4.13. The lowest BCUT2D eigenvalue weighted by molar-refractivity contribution is -0.141. The van der Waals surface area contributed by atoms with Crippen LogP contribution in [-0.2, 0) is 30.5 Å². The molecular weight excluding hydrogens is 482 g/mol. The summed E-state index contributed by atoms with van der Waals surface area (Å²) in [6, 6.07) is 5.54. The highest BCUT2D eigenvalue weighted by molar-refractivity contribution is 5.82. The van der Waals surface area contributed by atoms with Gasteiger partial charge in [0, 0.05) is 65.1 Å². The van der Waals surface area contributed by atoms with Crippen LogP contribution in [0.1, 0.15) is 52.1 Å². The number of pyridine rings is 1. The van der Waals surface area contributed by atoms with Crippen LogP contribution < -0.4 is 11.1 Å². The van der Waals surface area contributed by atoms with Crippen molar-refractivity contribution in [2.75, 3.05) is 26.2 Å². The summed E-state index contributed by atoms with van der Waals surface area (Å²) in [6.07, 6.45) is 4.46. The van der Waals surface area contributed by atoms with Crippen molar-refractivity contribution in [1.82, 2.24) is 20.1 Å². The summed E-state index contributed by atoms with van der Waals surface area (Å²) in [7, 11) is 0. The number of nitrogens with two attached hydrogens (primary N) is 1. The number of carbonyl (C=O) groups excluding carboxylic acids is 3. The van der Waals surface area contributed by atoms with Gasteiger partial charge in [-0.15, -0.1) is 0 Å². The molecule has 2 atom stereocenters. The molecule has 0 saturated carbocycles. The van der Waals surface area contributed by atoms with E-state index in [1.165, 1.54) is 6.92 Å². The van der Waals surface area contributed by atoms with Crippen LogP contribution in [0.2, 0.25) is 0 Å². The highest BCUT2D eigenvalue weighted by Gasteiger charge is 2.34. The Morgan fingerprint density at radius 2 is 1.51 bits per heavy atom. The molecule has 0 bridgehead atoms. The molecule has 3 heterocycles. The number of likely N-dealkylation sites (tertiary alicyclic amines) is 2. The van der Waals surface area contributed by atoms with Crippen molar-refractivity contribution in [3.05, 3.63) is 30.1 Å². The zero-order valence-electron chi connectivity index (χ0n) is 21.8. The molecule has 0 spiro atoms. The van der Waals surface area contributed by atoms with Crippen LogP contribution in [0, 0.1) is 11.8 Å². The van der Waals surface area contributed by atoms with Gasteiger partial charge in [0.25, 0.3) is 11.9 Å². The van der Waals surface area contributed by atoms with E-state index in [0.717, 1.165) is 26.0 Å². The van der Waals surface area contributed by atoms with Gasteiger partial charge in [-0.1, -0.05) is 6.07 Å². The molecule has 2 aliphatic heterocycles. The molecule has 206 valence electrons. The summed E-state index contributed by atoms with van der Waals surface area (Å²) in [5.74, 6) is -1.90. The SMILES string of the molecule is CC(=O)N1C[C@@H](N)CC[C@@H](C(=O)N2CCC(C(=O)NCc3ccccn3)CC2)C1.CC(=O)O.CC(=O)O. The number of carboxylic acids is 2. The number of hydrogen-bond acceptors (Lipinski definition) is 7. The number of rotatable bonds is 4. The zero-order chi connectivity index (χ0) is 28.0. The Labute approximate surface area is 217 Å². The van der Waals surface area contributed by atoms with Crippen LogP contribution in [0.5, 0.6) is 0 Å². The lowest BCUT2D eigenvalue weighted by atomic mass is 9.93. The molecule has 5 N–H and O–H groups in total. The van der Waals surface area contributed by atoms with E-state index < -0.39 is 11.9 Å². The minimum Gasteiger partial charge on any atom is -0.481 e. The second-order valence-electron chi connectivity index (χ2n) is 9.13. The number of piperidine rings is 1. The molecule has 37 heavy (non-hydrogen) atoms. The highest BCUT2D eigenvalue weighted by atomic mass is 16.4. The predicted molar refractivity (Wildman–Crippen MR) is 135 cm³/mol. The van der Waals surface area contributed by atoms with Crippen LogP contribution in [0.4, 0.5) is 0 Å². The molecule has 0 aliphatic carbocycles. The third kappa shape index (κ3) is 12.8. The Balaban J connectivity index is 0.000000751. The monoisotopic (exact) mass is 521 g/mol. The van der Waals surface area contributed by atoms with E-state index in [-0.39, 0.29) is 35.6 Å². The minimum atomic E-state index is -0.833. The fraction of sp³-hybridized carbons (Fsp3) is 0.600. The summed E-state index contributed by atoms with van der Waals surface area (Å²) >= 11 is 0. The number of hydrogen-bond donors (Lipinski definition) is 4. The summed E-state index contributed by atoms with van der Waals surface area (Å²) in [6.45, 7) is 6.20. The Bertz CT molecular complexity index is 884. The number of carbonyl (C=O) groups is 5. The van der Waals surface area contributed by atoms with Gasteiger partial charge in [-0.05, 0) is 37.8 Å². The van der Waals surface area contributed by atoms with Crippen LogP contribution >= 0.6 is 0 Å². The first kappa shape index (κ1) is 31.5. The molecule has 0 unspecified atom stereocenters. The van der Waals surface area contributed by atoms with Crippen LogP contribution in [-0.4, -0.2) is 86.9 Å². The van der Waals surface area contributed by atoms with Crippen molar-refractivity contribution in [1.29, 1.82) is 0 Å². The van der Waals surface area contributed by atoms with E-state index in [0.29, 0.717) is 52.0 Å². The number of aliphatic carboxylic acids is 2. The van der Waals surface area contributed by atoms with E-state index in [1.807, 2.05) is 23.1 Å². The van der Waals surface area contributed by atoms with Crippen molar-refractivity contribution in [2.24, 2.45) is 17.6 Å². The first-order valence-electron chi connectivity index (χ1n) is 12.3. The highest BCUT2D eigenvalue weighted by Crippen LogP contribution is 2.23. The Kier molecular flexibility index (Phi) is 13.8. The molecule has 1 aromatic rings. The predicted octanol–water partition coefficient (Wildman–Crippen LogP) is 0.704. The van der Waals surface area contributed by atoms with Crippen molar-refractivity contribution in [2.45, 2.75) is 59.0 Å². The lowest BCUT2D eigenvalue weighted by Gasteiger charge is -2.34. The first-order valence-corrected chi connectivity index (χ1v) is 12.3. The third-order valence-electron chi connectivity index (χ3n) is 5.92. The van der Waals surface area contributed by atoms with Gasteiger partial charge in [0.2, 0.25) is 17.7 Å². The lowest BCUT2D eigenvalue weighted by Crippen LogP contribution is -2.47. The summed E-state index contributed by atoms with van der Waals surface area (Å²) in [5.41, 5.74) is 6.89. The topological polar surface area (TPSA) is 183 Å².